The Morgan fingerprint density at radius 3 is 2.48 bits per heavy atom. The molecule has 1 N–H and O–H groups in total. The molecule has 0 saturated carbocycles. The Morgan fingerprint density at radius 1 is 1.03 bits per heavy atom. The van der Waals surface area contributed by atoms with Crippen LogP contribution in [0.25, 0.3) is 18.3 Å². The molecule has 0 amide bonds. The fourth-order valence-electron chi connectivity index (χ4n) is 3.21. The normalized spacial score (nSPS) is 11.5. The molecule has 1 aromatic heterocycles. The number of benzene rings is 3. The second-order valence-corrected chi connectivity index (χ2v) is 6.95. The van der Waals surface area contributed by atoms with Gasteiger partial charge in [-0.05, 0) is 53.6 Å². The number of hydrogen-bond donors (Lipinski definition) is 1. The number of nitrogens with zero attached hydrogens (tertiary/aromatic N) is 1. The van der Waals surface area contributed by atoms with Gasteiger partial charge >= 0.3 is 0 Å². The molecule has 0 aliphatic rings. The van der Waals surface area contributed by atoms with Crippen molar-refractivity contribution in [2.45, 2.75) is 6.61 Å². The van der Waals surface area contributed by atoms with Crippen LogP contribution < -0.4 is 25.6 Å². The number of methoxy groups -OCH3 is 1. The third kappa shape index (κ3) is 4.43. The molecular weight excluding hydrogens is 395 g/mol. The second-order valence-electron chi connectivity index (χ2n) is 6.95. The quantitative estimate of drug-likeness (QED) is 0.526. The van der Waals surface area contributed by atoms with E-state index in [1.165, 1.54) is 28.9 Å². The Kier molecular flexibility index (Phi) is 5.71. The van der Waals surface area contributed by atoms with Crippen LogP contribution in [0.15, 0.2) is 77.6 Å². The van der Waals surface area contributed by atoms with Crippen LogP contribution in [0.3, 0.4) is 0 Å². The van der Waals surface area contributed by atoms with Gasteiger partial charge in [0.05, 0.1) is 23.4 Å². The van der Waals surface area contributed by atoms with E-state index in [0.717, 1.165) is 11.1 Å². The minimum absolute atomic E-state index is 0.278. The predicted molar refractivity (Wildman–Crippen MR) is 118 cm³/mol. The van der Waals surface area contributed by atoms with Gasteiger partial charge in [-0.25, -0.2) is 9.07 Å². The van der Waals surface area contributed by atoms with E-state index in [1.54, 1.807) is 19.3 Å². The van der Waals surface area contributed by atoms with Crippen LogP contribution in [0.2, 0.25) is 0 Å². The molecule has 0 atom stereocenters. The SMILES string of the molecule is C=c1[nH]n(-c2ccc(F)cc2)c(=O)/c1=C\c1ccc(OCc2ccccc2)c(OC)c1. The molecule has 6 heteroatoms. The molecule has 0 radical (unpaired) electrons. The highest BCUT2D eigenvalue weighted by Crippen LogP contribution is 2.29. The first-order valence-electron chi connectivity index (χ1n) is 9.67. The maximum Gasteiger partial charge on any atom is 0.279 e. The lowest BCUT2D eigenvalue weighted by molar-refractivity contribution is 0.284. The van der Waals surface area contributed by atoms with Crippen molar-refractivity contribution in [3.63, 3.8) is 0 Å². The second kappa shape index (κ2) is 8.75. The summed E-state index contributed by atoms with van der Waals surface area (Å²) in [6, 6.07) is 21.0. The maximum atomic E-state index is 13.2. The monoisotopic (exact) mass is 416 g/mol. The number of H-pyrrole nitrogens is 1. The molecule has 0 aliphatic heterocycles. The number of hydrogen-bond acceptors (Lipinski definition) is 3. The van der Waals surface area contributed by atoms with Gasteiger partial charge in [-0.1, -0.05) is 43.0 Å². The summed E-state index contributed by atoms with van der Waals surface area (Å²) < 4.78 is 25.9. The number of nitrogens with one attached hydrogen (secondary N) is 1. The highest BCUT2D eigenvalue weighted by atomic mass is 19.1. The van der Waals surface area contributed by atoms with Crippen molar-refractivity contribution in [2.75, 3.05) is 7.11 Å². The summed E-state index contributed by atoms with van der Waals surface area (Å²) in [4.78, 5) is 12.9. The molecule has 1 heterocycles. The Bertz CT molecular complexity index is 1360. The molecule has 31 heavy (non-hydrogen) atoms. The molecular formula is C25H21FN2O3. The Morgan fingerprint density at radius 2 is 1.77 bits per heavy atom. The van der Waals surface area contributed by atoms with E-state index in [2.05, 4.69) is 11.7 Å². The molecule has 3 aromatic carbocycles. The van der Waals surface area contributed by atoms with Crippen LogP contribution in [0.5, 0.6) is 11.5 Å². The van der Waals surface area contributed by atoms with Gasteiger partial charge in [-0.3, -0.25) is 9.89 Å². The molecule has 0 unspecified atom stereocenters. The predicted octanol–water partition coefficient (Wildman–Crippen LogP) is 3.13. The standard InChI is InChI=1S/C25H21FN2O3/c1-17-22(25(29)28(27-17)21-11-9-20(26)10-12-21)14-19-8-13-23(24(15-19)30-2)31-16-18-6-4-3-5-7-18/h3-15,27H,1,16H2,2H3/b22-14-. The Balaban J connectivity index is 1.65. The van der Waals surface area contributed by atoms with Crippen LogP contribution in [0.1, 0.15) is 11.1 Å². The minimum atomic E-state index is -0.369. The van der Waals surface area contributed by atoms with Crippen LogP contribution in [0.4, 0.5) is 4.39 Å². The van der Waals surface area contributed by atoms with E-state index in [9.17, 15) is 9.18 Å². The zero-order chi connectivity index (χ0) is 21.8. The lowest BCUT2D eigenvalue weighted by Crippen LogP contribution is -2.33. The average molecular weight is 416 g/mol. The zero-order valence-electron chi connectivity index (χ0n) is 17.0. The van der Waals surface area contributed by atoms with Gasteiger partial charge in [0.25, 0.3) is 5.56 Å². The molecule has 4 rings (SSSR count). The van der Waals surface area contributed by atoms with Crippen LogP contribution in [-0.2, 0) is 6.61 Å². The summed E-state index contributed by atoms with van der Waals surface area (Å²) in [6.45, 7) is 4.35. The third-order valence-electron chi connectivity index (χ3n) is 4.83. The molecule has 0 aliphatic carbocycles. The molecule has 0 bridgehead atoms. The molecule has 0 spiro atoms. The van der Waals surface area contributed by atoms with Crippen molar-refractivity contribution in [3.05, 3.63) is 111 Å². The van der Waals surface area contributed by atoms with Gasteiger partial charge in [0.1, 0.15) is 12.4 Å². The first-order chi connectivity index (χ1) is 15.0. The average Bonchev–Trinajstić information content (AvgIpc) is 3.07. The van der Waals surface area contributed by atoms with Crippen LogP contribution in [-0.4, -0.2) is 16.9 Å². The van der Waals surface area contributed by atoms with E-state index < -0.39 is 0 Å². The third-order valence-corrected chi connectivity index (χ3v) is 4.83. The van der Waals surface area contributed by atoms with Crippen molar-refractivity contribution in [2.24, 2.45) is 0 Å². The summed E-state index contributed by atoms with van der Waals surface area (Å²) in [5.41, 5.74) is 2.06. The smallest absolute Gasteiger partial charge is 0.279 e. The summed E-state index contributed by atoms with van der Waals surface area (Å²) in [5, 5.41) is 3.79. The highest BCUT2D eigenvalue weighted by Gasteiger charge is 2.08. The number of aromatic nitrogens is 2. The largest absolute Gasteiger partial charge is 0.493 e. The van der Waals surface area contributed by atoms with Crippen molar-refractivity contribution in [1.82, 2.24) is 9.78 Å². The molecule has 5 nitrogen and oxygen atoms in total. The van der Waals surface area contributed by atoms with Gasteiger partial charge in [0.2, 0.25) is 0 Å². The summed E-state index contributed by atoms with van der Waals surface area (Å²) in [5.74, 6) is 0.799. The molecule has 4 aromatic rings. The number of aromatic amines is 1. The van der Waals surface area contributed by atoms with E-state index in [-0.39, 0.29) is 11.4 Å². The molecule has 0 fully saturated rings. The van der Waals surface area contributed by atoms with Gasteiger partial charge in [-0.15, -0.1) is 0 Å². The lowest BCUT2D eigenvalue weighted by Gasteiger charge is -2.11. The fourth-order valence-corrected chi connectivity index (χ4v) is 3.21. The van der Waals surface area contributed by atoms with Gasteiger partial charge in [0, 0.05) is 0 Å². The fraction of sp³-hybridized carbons (Fsp3) is 0.0800. The minimum Gasteiger partial charge on any atom is -0.493 e. The molecule has 0 saturated heterocycles. The number of halogens is 1. The first-order valence-corrected chi connectivity index (χ1v) is 9.67. The van der Waals surface area contributed by atoms with Gasteiger partial charge < -0.3 is 9.47 Å². The summed E-state index contributed by atoms with van der Waals surface area (Å²) in [6.07, 6.45) is 1.73. The van der Waals surface area contributed by atoms with Crippen molar-refractivity contribution >= 4 is 12.7 Å². The zero-order valence-corrected chi connectivity index (χ0v) is 17.0. The van der Waals surface area contributed by atoms with Crippen molar-refractivity contribution in [1.29, 1.82) is 0 Å². The van der Waals surface area contributed by atoms with E-state index in [1.807, 2.05) is 42.5 Å². The highest BCUT2D eigenvalue weighted by molar-refractivity contribution is 5.56. The first kappa shape index (κ1) is 20.2. The number of rotatable bonds is 6. The van der Waals surface area contributed by atoms with Crippen molar-refractivity contribution < 1.29 is 13.9 Å². The molecule has 156 valence electrons. The topological polar surface area (TPSA) is 56.2 Å². The van der Waals surface area contributed by atoms with E-state index in [4.69, 9.17) is 9.47 Å². The van der Waals surface area contributed by atoms with Crippen LogP contribution >= 0.6 is 0 Å². The Labute approximate surface area is 178 Å². The van der Waals surface area contributed by atoms with Crippen molar-refractivity contribution in [3.8, 4) is 17.2 Å². The maximum absolute atomic E-state index is 13.2. The number of ether oxygens (including phenoxy) is 2. The summed E-state index contributed by atoms with van der Waals surface area (Å²) in [7, 11) is 1.57. The van der Waals surface area contributed by atoms with Gasteiger partial charge in [0.15, 0.2) is 11.5 Å². The van der Waals surface area contributed by atoms with Gasteiger partial charge in [-0.2, -0.15) is 0 Å². The van der Waals surface area contributed by atoms with E-state index in [0.29, 0.717) is 34.4 Å². The van der Waals surface area contributed by atoms with E-state index >= 15 is 0 Å². The Hall–Kier alpha value is -4.06. The lowest BCUT2D eigenvalue weighted by atomic mass is 10.1. The van der Waals surface area contributed by atoms with Crippen LogP contribution in [0, 0.1) is 5.82 Å². The summed E-state index contributed by atoms with van der Waals surface area (Å²) >= 11 is 0.